The van der Waals surface area contributed by atoms with Gasteiger partial charge in [-0.25, -0.2) is 0 Å². The van der Waals surface area contributed by atoms with Crippen molar-refractivity contribution >= 4 is 37.9 Å². The maximum Gasteiger partial charge on any atom is 0.136 e. The lowest BCUT2D eigenvalue weighted by Gasteiger charge is -2.02. The van der Waals surface area contributed by atoms with Gasteiger partial charge in [0.2, 0.25) is 0 Å². The molecule has 0 N–H and O–H groups in total. The fourth-order valence-corrected chi connectivity index (χ4v) is 3.83. The Kier molecular flexibility index (Phi) is 3.65. The number of hydrogen-bond donors (Lipinski definition) is 0. The van der Waals surface area contributed by atoms with E-state index in [1.165, 1.54) is 16.7 Å². The van der Waals surface area contributed by atoms with E-state index < -0.39 is 0 Å². The summed E-state index contributed by atoms with van der Waals surface area (Å²) < 4.78 is 7.20. The number of fused-ring (bicyclic) bond motifs is 3. The van der Waals surface area contributed by atoms with Crippen molar-refractivity contribution in [2.24, 2.45) is 0 Å². The summed E-state index contributed by atoms with van der Waals surface area (Å²) in [6, 6.07) is 31.6. The van der Waals surface area contributed by atoms with Crippen molar-refractivity contribution in [1.29, 1.82) is 0 Å². The van der Waals surface area contributed by atoms with Gasteiger partial charge in [-0.05, 0) is 58.7 Å². The number of hydrogen-bond acceptors (Lipinski definition) is 1. The molecule has 0 aliphatic heterocycles. The van der Waals surface area contributed by atoms with Crippen LogP contribution in [0.2, 0.25) is 0 Å². The highest BCUT2D eigenvalue weighted by molar-refractivity contribution is 9.10. The summed E-state index contributed by atoms with van der Waals surface area (Å²) in [4.78, 5) is 0. The smallest absolute Gasteiger partial charge is 0.136 e. The Balaban J connectivity index is 1.67. The van der Waals surface area contributed by atoms with Gasteiger partial charge in [0, 0.05) is 15.2 Å². The van der Waals surface area contributed by atoms with Gasteiger partial charge < -0.3 is 4.42 Å². The molecule has 0 unspecified atom stereocenters. The molecule has 0 aliphatic rings. The largest absolute Gasteiger partial charge is 0.456 e. The summed E-state index contributed by atoms with van der Waals surface area (Å²) in [7, 11) is 0. The van der Waals surface area contributed by atoms with Gasteiger partial charge >= 0.3 is 0 Å². The molecular weight excluding hydrogens is 384 g/mol. The molecule has 1 aromatic heterocycles. The number of furan rings is 1. The molecular formula is C24H15BrO. The molecule has 0 bridgehead atoms. The van der Waals surface area contributed by atoms with Crippen LogP contribution in [0.3, 0.4) is 0 Å². The lowest BCUT2D eigenvalue weighted by atomic mass is 10.0. The van der Waals surface area contributed by atoms with Crippen molar-refractivity contribution < 1.29 is 4.42 Å². The van der Waals surface area contributed by atoms with Crippen LogP contribution in [0.5, 0.6) is 0 Å². The van der Waals surface area contributed by atoms with Gasteiger partial charge in [-0.15, -0.1) is 0 Å². The van der Waals surface area contributed by atoms with Gasteiger partial charge in [0.15, 0.2) is 0 Å². The quantitative estimate of drug-likeness (QED) is 0.297. The van der Waals surface area contributed by atoms with E-state index in [2.05, 4.69) is 88.7 Å². The second kappa shape index (κ2) is 6.15. The highest BCUT2D eigenvalue weighted by atomic mass is 79.9. The first-order valence-electron chi connectivity index (χ1n) is 8.56. The van der Waals surface area contributed by atoms with Crippen molar-refractivity contribution in [1.82, 2.24) is 0 Å². The summed E-state index contributed by atoms with van der Waals surface area (Å²) >= 11 is 3.54. The molecule has 0 radical (unpaired) electrons. The Hall–Kier alpha value is -2.84. The lowest BCUT2D eigenvalue weighted by molar-refractivity contribution is 0.669. The summed E-state index contributed by atoms with van der Waals surface area (Å²) in [5.41, 5.74) is 6.59. The molecule has 0 saturated heterocycles. The topological polar surface area (TPSA) is 13.1 Å². The van der Waals surface area contributed by atoms with Gasteiger partial charge in [0.1, 0.15) is 11.2 Å². The zero-order chi connectivity index (χ0) is 17.5. The van der Waals surface area contributed by atoms with Crippen LogP contribution in [0.15, 0.2) is 99.9 Å². The second-order valence-corrected chi connectivity index (χ2v) is 7.32. The molecule has 0 amide bonds. The molecule has 0 atom stereocenters. The van der Waals surface area contributed by atoms with Gasteiger partial charge in [0.05, 0.1) is 0 Å². The fraction of sp³-hybridized carbons (Fsp3) is 0. The molecule has 5 rings (SSSR count). The third kappa shape index (κ3) is 2.63. The second-order valence-electron chi connectivity index (χ2n) is 6.40. The molecule has 5 aromatic rings. The van der Waals surface area contributed by atoms with E-state index in [1.54, 1.807) is 0 Å². The van der Waals surface area contributed by atoms with Crippen LogP contribution in [0.25, 0.3) is 44.2 Å². The molecule has 0 aliphatic carbocycles. The number of rotatable bonds is 2. The highest BCUT2D eigenvalue weighted by Crippen LogP contribution is 2.35. The molecule has 0 spiro atoms. The van der Waals surface area contributed by atoms with Crippen LogP contribution < -0.4 is 0 Å². The normalized spacial score (nSPS) is 11.3. The van der Waals surface area contributed by atoms with Gasteiger partial charge in [-0.1, -0.05) is 70.5 Å². The Labute approximate surface area is 160 Å². The maximum atomic E-state index is 6.12. The van der Waals surface area contributed by atoms with Crippen LogP contribution in [-0.4, -0.2) is 0 Å². The third-order valence-electron chi connectivity index (χ3n) is 4.74. The van der Waals surface area contributed by atoms with Crippen LogP contribution in [0.4, 0.5) is 0 Å². The van der Waals surface area contributed by atoms with Gasteiger partial charge in [0.25, 0.3) is 0 Å². The van der Waals surface area contributed by atoms with E-state index in [4.69, 9.17) is 4.42 Å². The first-order chi connectivity index (χ1) is 12.8. The third-order valence-corrected chi connectivity index (χ3v) is 5.23. The Bertz CT molecular complexity index is 1240. The first-order valence-corrected chi connectivity index (χ1v) is 9.35. The molecule has 2 heteroatoms. The van der Waals surface area contributed by atoms with E-state index in [0.717, 1.165) is 32.0 Å². The van der Waals surface area contributed by atoms with E-state index in [0.29, 0.717) is 0 Å². The summed E-state index contributed by atoms with van der Waals surface area (Å²) in [5.74, 6) is 0. The molecule has 0 saturated carbocycles. The Morgan fingerprint density at radius 2 is 1.23 bits per heavy atom. The molecule has 0 fully saturated rings. The highest BCUT2D eigenvalue weighted by Gasteiger charge is 2.10. The van der Waals surface area contributed by atoms with Crippen LogP contribution in [-0.2, 0) is 0 Å². The number of benzene rings is 4. The molecule has 1 heterocycles. The Morgan fingerprint density at radius 1 is 0.500 bits per heavy atom. The van der Waals surface area contributed by atoms with Crippen LogP contribution in [0, 0.1) is 0 Å². The molecule has 124 valence electrons. The standard InChI is InChI=1S/C24H15BrO/c25-20-8-4-7-17(13-20)19-9-11-21-22-14-18(16-5-2-1-3-6-16)10-12-23(22)26-24(21)15-19/h1-15H. The van der Waals surface area contributed by atoms with Crippen LogP contribution >= 0.6 is 15.9 Å². The minimum atomic E-state index is 0.919. The summed E-state index contributed by atoms with van der Waals surface area (Å²) in [6.45, 7) is 0. The van der Waals surface area contributed by atoms with E-state index in [1.807, 2.05) is 18.2 Å². The average molecular weight is 399 g/mol. The monoisotopic (exact) mass is 398 g/mol. The van der Waals surface area contributed by atoms with Crippen molar-refractivity contribution in [2.45, 2.75) is 0 Å². The SMILES string of the molecule is Brc1cccc(-c2ccc3c(c2)oc2ccc(-c4ccccc4)cc23)c1. The summed E-state index contributed by atoms with van der Waals surface area (Å²) in [6.07, 6.45) is 0. The zero-order valence-corrected chi connectivity index (χ0v) is 15.5. The Morgan fingerprint density at radius 3 is 2.08 bits per heavy atom. The minimum absolute atomic E-state index is 0.919. The lowest BCUT2D eigenvalue weighted by Crippen LogP contribution is -1.78. The molecule has 26 heavy (non-hydrogen) atoms. The molecule has 1 nitrogen and oxygen atoms in total. The van der Waals surface area contributed by atoms with E-state index >= 15 is 0 Å². The van der Waals surface area contributed by atoms with Crippen molar-refractivity contribution in [2.75, 3.05) is 0 Å². The molecule has 4 aromatic carbocycles. The maximum absolute atomic E-state index is 6.12. The predicted octanol–water partition coefficient (Wildman–Crippen LogP) is 7.68. The first kappa shape index (κ1) is 15.4. The number of halogens is 1. The average Bonchev–Trinajstić information content (AvgIpc) is 3.05. The van der Waals surface area contributed by atoms with Crippen molar-refractivity contribution in [3.8, 4) is 22.3 Å². The van der Waals surface area contributed by atoms with Crippen LogP contribution in [0.1, 0.15) is 0 Å². The minimum Gasteiger partial charge on any atom is -0.456 e. The van der Waals surface area contributed by atoms with E-state index in [-0.39, 0.29) is 0 Å². The zero-order valence-electron chi connectivity index (χ0n) is 13.9. The summed E-state index contributed by atoms with van der Waals surface area (Å²) in [5, 5.41) is 2.30. The van der Waals surface area contributed by atoms with Gasteiger partial charge in [-0.3, -0.25) is 0 Å². The van der Waals surface area contributed by atoms with Crippen molar-refractivity contribution in [3.63, 3.8) is 0 Å². The fourth-order valence-electron chi connectivity index (χ4n) is 3.43. The predicted molar refractivity (Wildman–Crippen MR) is 112 cm³/mol. The van der Waals surface area contributed by atoms with Crippen molar-refractivity contribution in [3.05, 3.63) is 95.5 Å². The van der Waals surface area contributed by atoms with E-state index in [9.17, 15) is 0 Å². The van der Waals surface area contributed by atoms with Gasteiger partial charge in [-0.2, -0.15) is 0 Å².